The van der Waals surface area contributed by atoms with E-state index < -0.39 is 22.5 Å². The molecule has 1 aromatic carbocycles. The molecular weight excluding hydrogens is 287 g/mol. The summed E-state index contributed by atoms with van der Waals surface area (Å²) in [4.78, 5) is 0.255. The van der Waals surface area contributed by atoms with E-state index in [9.17, 15) is 17.4 Å². The fraction of sp³-hybridized carbons (Fsp3) is 0.571. The summed E-state index contributed by atoms with van der Waals surface area (Å²) in [5.41, 5.74) is 4.95. The van der Waals surface area contributed by atoms with Crippen molar-refractivity contribution in [1.82, 2.24) is 0 Å². The SMILES string of the molecule is NCC1CCCCC1S(=O)c1cccc(C(F)(F)F)c1. The van der Waals surface area contributed by atoms with Gasteiger partial charge in [-0.1, -0.05) is 18.9 Å². The number of rotatable bonds is 3. The van der Waals surface area contributed by atoms with Crippen molar-refractivity contribution >= 4 is 10.8 Å². The minimum atomic E-state index is -4.40. The molecule has 0 aliphatic heterocycles. The van der Waals surface area contributed by atoms with E-state index in [-0.39, 0.29) is 16.1 Å². The summed E-state index contributed by atoms with van der Waals surface area (Å²) in [6, 6.07) is 4.82. The van der Waals surface area contributed by atoms with Crippen molar-refractivity contribution in [2.75, 3.05) is 6.54 Å². The second-order valence-electron chi connectivity index (χ2n) is 5.14. The molecule has 2 rings (SSSR count). The zero-order chi connectivity index (χ0) is 14.8. The molecule has 1 aliphatic carbocycles. The van der Waals surface area contributed by atoms with Gasteiger partial charge in [0.2, 0.25) is 0 Å². The third-order valence-corrected chi connectivity index (χ3v) is 5.70. The summed E-state index contributed by atoms with van der Waals surface area (Å²) in [7, 11) is -1.42. The molecule has 0 bridgehead atoms. The van der Waals surface area contributed by atoms with Crippen LogP contribution in [0.4, 0.5) is 13.2 Å². The predicted molar refractivity (Wildman–Crippen MR) is 72.7 cm³/mol. The van der Waals surface area contributed by atoms with Crippen LogP contribution in [0.15, 0.2) is 29.2 Å². The first kappa shape index (κ1) is 15.5. The Morgan fingerprint density at radius 2 is 1.95 bits per heavy atom. The van der Waals surface area contributed by atoms with E-state index in [0.717, 1.165) is 37.8 Å². The third kappa shape index (κ3) is 3.41. The monoisotopic (exact) mass is 305 g/mol. The molecule has 20 heavy (non-hydrogen) atoms. The summed E-state index contributed by atoms with van der Waals surface area (Å²) in [6.45, 7) is 0.440. The lowest BCUT2D eigenvalue weighted by molar-refractivity contribution is -0.137. The van der Waals surface area contributed by atoms with Crippen molar-refractivity contribution in [3.05, 3.63) is 29.8 Å². The van der Waals surface area contributed by atoms with Crippen LogP contribution in [0.1, 0.15) is 31.2 Å². The molecular formula is C14H18F3NOS. The number of hydrogen-bond acceptors (Lipinski definition) is 2. The van der Waals surface area contributed by atoms with Gasteiger partial charge in [-0.2, -0.15) is 13.2 Å². The molecule has 1 aromatic rings. The first-order valence-corrected chi connectivity index (χ1v) is 7.92. The minimum absolute atomic E-state index is 0.128. The van der Waals surface area contributed by atoms with Gasteiger partial charge in [0.1, 0.15) is 0 Å². The van der Waals surface area contributed by atoms with Crippen molar-refractivity contribution in [1.29, 1.82) is 0 Å². The van der Waals surface area contributed by atoms with E-state index in [1.807, 2.05) is 0 Å². The number of halogens is 3. The maximum atomic E-state index is 12.7. The van der Waals surface area contributed by atoms with Gasteiger partial charge in [0.25, 0.3) is 0 Å². The van der Waals surface area contributed by atoms with Crippen LogP contribution < -0.4 is 5.73 Å². The molecule has 0 saturated heterocycles. The summed E-state index contributed by atoms with van der Waals surface area (Å²) in [5, 5.41) is -0.128. The van der Waals surface area contributed by atoms with Crippen LogP contribution in [0.5, 0.6) is 0 Å². The molecule has 0 heterocycles. The van der Waals surface area contributed by atoms with E-state index >= 15 is 0 Å². The first-order chi connectivity index (χ1) is 9.43. The second kappa shape index (κ2) is 6.26. The molecule has 0 amide bonds. The highest BCUT2D eigenvalue weighted by Gasteiger charge is 2.33. The maximum absolute atomic E-state index is 12.7. The molecule has 0 radical (unpaired) electrons. The van der Waals surface area contributed by atoms with Crippen molar-refractivity contribution in [3.63, 3.8) is 0 Å². The molecule has 1 saturated carbocycles. The largest absolute Gasteiger partial charge is 0.416 e. The van der Waals surface area contributed by atoms with Gasteiger partial charge in [-0.3, -0.25) is 4.21 Å². The van der Waals surface area contributed by atoms with E-state index in [1.165, 1.54) is 12.1 Å². The van der Waals surface area contributed by atoms with Crippen LogP contribution in [0.2, 0.25) is 0 Å². The predicted octanol–water partition coefficient (Wildman–Crippen LogP) is 3.33. The number of nitrogens with two attached hydrogens (primary N) is 1. The lowest BCUT2D eigenvalue weighted by Crippen LogP contribution is -2.34. The van der Waals surface area contributed by atoms with Crippen LogP contribution in [0.25, 0.3) is 0 Å². The molecule has 1 fully saturated rings. The number of benzene rings is 1. The summed E-state index contributed by atoms with van der Waals surface area (Å²) < 4.78 is 50.6. The molecule has 0 spiro atoms. The Morgan fingerprint density at radius 3 is 2.60 bits per heavy atom. The van der Waals surface area contributed by atoms with Crippen molar-refractivity contribution in [2.45, 2.75) is 42.0 Å². The van der Waals surface area contributed by atoms with Gasteiger partial charge in [-0.25, -0.2) is 0 Å². The number of alkyl halides is 3. The topological polar surface area (TPSA) is 43.1 Å². The molecule has 1 aliphatic rings. The first-order valence-electron chi connectivity index (χ1n) is 6.71. The van der Waals surface area contributed by atoms with E-state index in [4.69, 9.17) is 5.73 Å². The fourth-order valence-corrected chi connectivity index (χ4v) is 4.48. The smallest absolute Gasteiger partial charge is 0.330 e. The van der Waals surface area contributed by atoms with Crippen LogP contribution in [-0.2, 0) is 17.0 Å². The average Bonchev–Trinajstić information content (AvgIpc) is 2.45. The van der Waals surface area contributed by atoms with Gasteiger partial charge in [-0.15, -0.1) is 0 Å². The van der Waals surface area contributed by atoms with Crippen LogP contribution >= 0.6 is 0 Å². The molecule has 112 valence electrons. The van der Waals surface area contributed by atoms with Crippen molar-refractivity contribution in [3.8, 4) is 0 Å². The molecule has 6 heteroatoms. The van der Waals surface area contributed by atoms with Crippen LogP contribution in [0.3, 0.4) is 0 Å². The van der Waals surface area contributed by atoms with Gasteiger partial charge in [-0.05, 0) is 43.5 Å². The van der Waals surface area contributed by atoms with Gasteiger partial charge in [0.05, 0.1) is 16.4 Å². The molecule has 0 aromatic heterocycles. The highest BCUT2D eigenvalue weighted by molar-refractivity contribution is 7.85. The van der Waals surface area contributed by atoms with Crippen molar-refractivity contribution < 1.29 is 17.4 Å². The Kier molecular flexibility index (Phi) is 4.86. The summed E-state index contributed by atoms with van der Waals surface area (Å²) >= 11 is 0. The normalized spacial score (nSPS) is 25.4. The standard InChI is InChI=1S/C14H18F3NOS/c15-14(16,17)11-5-3-6-12(8-11)20(19)13-7-2-1-4-10(13)9-18/h3,5-6,8,10,13H,1-2,4,7,9,18H2. The molecule has 3 unspecified atom stereocenters. The second-order valence-corrected chi connectivity index (χ2v) is 6.81. The Balaban J connectivity index is 2.24. The maximum Gasteiger partial charge on any atom is 0.416 e. The minimum Gasteiger partial charge on any atom is -0.330 e. The van der Waals surface area contributed by atoms with E-state index in [1.54, 1.807) is 0 Å². The lowest BCUT2D eigenvalue weighted by Gasteiger charge is -2.30. The van der Waals surface area contributed by atoms with E-state index in [0.29, 0.717) is 6.54 Å². The van der Waals surface area contributed by atoms with Crippen LogP contribution in [-0.4, -0.2) is 16.0 Å². The molecule has 2 nitrogen and oxygen atoms in total. The summed E-state index contributed by atoms with van der Waals surface area (Å²) in [5.74, 6) is 0.138. The van der Waals surface area contributed by atoms with Gasteiger partial charge < -0.3 is 5.73 Å². The highest BCUT2D eigenvalue weighted by Crippen LogP contribution is 2.33. The molecule has 2 N–H and O–H groups in total. The van der Waals surface area contributed by atoms with Gasteiger partial charge in [0, 0.05) is 10.1 Å². The average molecular weight is 305 g/mol. The Labute approximate surface area is 119 Å². The zero-order valence-corrected chi connectivity index (χ0v) is 11.8. The van der Waals surface area contributed by atoms with Gasteiger partial charge >= 0.3 is 6.18 Å². The van der Waals surface area contributed by atoms with Crippen molar-refractivity contribution in [2.24, 2.45) is 11.7 Å². The third-order valence-electron chi connectivity index (χ3n) is 3.81. The van der Waals surface area contributed by atoms with Crippen LogP contribution in [0, 0.1) is 5.92 Å². The Morgan fingerprint density at radius 1 is 1.25 bits per heavy atom. The zero-order valence-electron chi connectivity index (χ0n) is 11.0. The molecule has 3 atom stereocenters. The van der Waals surface area contributed by atoms with Gasteiger partial charge in [0.15, 0.2) is 0 Å². The quantitative estimate of drug-likeness (QED) is 0.931. The fourth-order valence-electron chi connectivity index (χ4n) is 2.70. The Bertz CT molecular complexity index is 490. The highest BCUT2D eigenvalue weighted by atomic mass is 32.2. The summed E-state index contributed by atoms with van der Waals surface area (Å²) in [6.07, 6.45) is -0.708. The Hall–Kier alpha value is -0.880. The van der Waals surface area contributed by atoms with E-state index in [2.05, 4.69) is 0 Å². The number of hydrogen-bond donors (Lipinski definition) is 1. The lowest BCUT2D eigenvalue weighted by atomic mass is 9.89.